The van der Waals surface area contributed by atoms with Crippen molar-refractivity contribution in [3.05, 3.63) is 158 Å². The van der Waals surface area contributed by atoms with Crippen molar-refractivity contribution >= 4 is 50.9 Å². The van der Waals surface area contributed by atoms with E-state index in [1.807, 2.05) is 97.1 Å². The Morgan fingerprint density at radius 2 is 1.51 bits per heavy atom. The van der Waals surface area contributed by atoms with Crippen molar-refractivity contribution in [1.29, 1.82) is 0 Å². The molecule has 1 heterocycles. The Hall–Kier alpha value is -4.18. The van der Waals surface area contributed by atoms with Gasteiger partial charge in [-0.2, -0.15) is 0 Å². The van der Waals surface area contributed by atoms with Crippen LogP contribution in [0.15, 0.2) is 131 Å². The standard InChI is InChI=1S/C39H34BrCl2N3O4/c40-32-16-7-26(8-17-32)24-39(38(47)45-43-25-27-9-20-34(41)35(42)23-27)36(30-12-10-29(11-13-30)28-5-2-1-3-6-28)49-37(44-39)31-14-18-33(19-15-31)48-22-4-21-46/h1-3,5-20,23,36,43,46H,4,21-22,24-25H2,(H,45,47)/t36-,39-/m0/s1. The fraction of sp³-hybridized carbons (Fsp3) is 0.179. The summed E-state index contributed by atoms with van der Waals surface area (Å²) in [6, 6.07) is 38.7. The third kappa shape index (κ3) is 8.35. The zero-order valence-electron chi connectivity index (χ0n) is 26.4. The first-order chi connectivity index (χ1) is 23.8. The number of hydrogen-bond acceptors (Lipinski definition) is 6. The average molecular weight is 760 g/mol. The van der Waals surface area contributed by atoms with Crippen LogP contribution >= 0.6 is 39.1 Å². The molecule has 6 rings (SSSR count). The molecule has 0 bridgehead atoms. The summed E-state index contributed by atoms with van der Waals surface area (Å²) in [4.78, 5) is 19.7. The highest BCUT2D eigenvalue weighted by Crippen LogP contribution is 2.43. The van der Waals surface area contributed by atoms with E-state index in [0.717, 1.165) is 32.3 Å². The quantitative estimate of drug-likeness (QED) is 0.0828. The lowest BCUT2D eigenvalue weighted by atomic mass is 9.82. The highest BCUT2D eigenvalue weighted by Gasteiger charge is 2.53. The summed E-state index contributed by atoms with van der Waals surface area (Å²) in [6.45, 7) is 0.768. The van der Waals surface area contributed by atoms with E-state index < -0.39 is 11.6 Å². The van der Waals surface area contributed by atoms with Crippen molar-refractivity contribution in [2.45, 2.75) is 31.0 Å². The van der Waals surface area contributed by atoms with E-state index in [4.69, 9.17) is 42.8 Å². The van der Waals surface area contributed by atoms with E-state index in [-0.39, 0.29) is 18.9 Å². The van der Waals surface area contributed by atoms with E-state index in [2.05, 4.69) is 38.9 Å². The molecule has 0 spiro atoms. The molecular weight excluding hydrogens is 725 g/mol. The Bertz CT molecular complexity index is 1910. The lowest BCUT2D eigenvalue weighted by Crippen LogP contribution is -2.53. The number of hydrazine groups is 1. The van der Waals surface area contributed by atoms with Crippen LogP contribution in [-0.4, -0.2) is 35.7 Å². The van der Waals surface area contributed by atoms with Gasteiger partial charge >= 0.3 is 0 Å². The van der Waals surface area contributed by atoms with E-state index in [0.29, 0.717) is 46.8 Å². The molecule has 0 unspecified atom stereocenters. The number of ether oxygens (including phenoxy) is 2. The van der Waals surface area contributed by atoms with Crippen molar-refractivity contribution in [1.82, 2.24) is 10.9 Å². The SMILES string of the molecule is O=C(NNCc1ccc(Cl)c(Cl)c1)[C@@]1(Cc2ccc(Br)cc2)N=C(c2ccc(OCCCO)cc2)O[C@H]1c1ccc(-c2ccccc2)cc1. The minimum Gasteiger partial charge on any atom is -0.494 e. The molecule has 0 radical (unpaired) electrons. The van der Waals surface area contributed by atoms with Gasteiger partial charge in [0.15, 0.2) is 11.6 Å². The number of amides is 1. The second-order valence-electron chi connectivity index (χ2n) is 11.6. The molecule has 7 nitrogen and oxygen atoms in total. The highest BCUT2D eigenvalue weighted by molar-refractivity contribution is 9.10. The summed E-state index contributed by atoms with van der Waals surface area (Å²) in [5, 5.41) is 10.00. The van der Waals surface area contributed by atoms with Crippen LogP contribution in [0.5, 0.6) is 5.75 Å². The molecule has 5 aromatic rings. The van der Waals surface area contributed by atoms with E-state index in [9.17, 15) is 4.79 Å². The van der Waals surface area contributed by atoms with E-state index in [1.165, 1.54) is 0 Å². The van der Waals surface area contributed by atoms with Gasteiger partial charge < -0.3 is 14.6 Å². The van der Waals surface area contributed by atoms with Crippen molar-refractivity contribution in [2.24, 2.45) is 4.99 Å². The highest BCUT2D eigenvalue weighted by atomic mass is 79.9. The summed E-state index contributed by atoms with van der Waals surface area (Å²) >= 11 is 15.9. The monoisotopic (exact) mass is 757 g/mol. The number of rotatable bonds is 13. The predicted molar refractivity (Wildman–Crippen MR) is 198 cm³/mol. The van der Waals surface area contributed by atoms with Gasteiger partial charge in [-0.05, 0) is 76.3 Å². The summed E-state index contributed by atoms with van der Waals surface area (Å²) < 4.78 is 13.4. The van der Waals surface area contributed by atoms with Gasteiger partial charge in [0.2, 0.25) is 5.90 Å². The number of hydrogen-bond donors (Lipinski definition) is 3. The number of nitrogens with zero attached hydrogens (tertiary/aromatic N) is 1. The zero-order chi connectivity index (χ0) is 34.2. The second-order valence-corrected chi connectivity index (χ2v) is 13.4. The first kappa shape index (κ1) is 34.7. The van der Waals surface area contributed by atoms with Gasteiger partial charge in [-0.1, -0.05) is 112 Å². The fourth-order valence-electron chi connectivity index (χ4n) is 5.66. The minimum atomic E-state index is -1.39. The number of carbonyl (C=O) groups excluding carboxylic acids is 1. The minimum absolute atomic E-state index is 0.0568. The normalized spacial score (nSPS) is 16.9. The van der Waals surface area contributed by atoms with Crippen molar-refractivity contribution in [3.8, 4) is 16.9 Å². The lowest BCUT2D eigenvalue weighted by molar-refractivity contribution is -0.130. The molecule has 1 aliphatic heterocycles. The summed E-state index contributed by atoms with van der Waals surface area (Å²) in [7, 11) is 0. The number of halogens is 3. The summed E-state index contributed by atoms with van der Waals surface area (Å²) in [5.41, 5.74) is 10.0. The van der Waals surface area contributed by atoms with Crippen LogP contribution in [0.25, 0.3) is 11.1 Å². The van der Waals surface area contributed by atoms with Gasteiger partial charge in [0.05, 0.1) is 16.7 Å². The van der Waals surface area contributed by atoms with Crippen LogP contribution in [0.4, 0.5) is 0 Å². The molecule has 49 heavy (non-hydrogen) atoms. The Morgan fingerprint density at radius 3 is 2.20 bits per heavy atom. The Labute approximate surface area is 304 Å². The molecule has 1 amide bonds. The number of aliphatic hydroxyl groups excluding tert-OH is 1. The Morgan fingerprint density at radius 1 is 0.837 bits per heavy atom. The zero-order valence-corrected chi connectivity index (χ0v) is 29.5. The van der Waals surface area contributed by atoms with Crippen LogP contribution < -0.4 is 15.6 Å². The number of aliphatic hydroxyl groups is 1. The van der Waals surface area contributed by atoms with Crippen LogP contribution in [0, 0.1) is 0 Å². The van der Waals surface area contributed by atoms with Gasteiger partial charge in [-0.3, -0.25) is 10.2 Å². The topological polar surface area (TPSA) is 92.2 Å². The van der Waals surface area contributed by atoms with E-state index >= 15 is 0 Å². The number of aliphatic imine (C=N–C) groups is 1. The molecule has 250 valence electrons. The van der Waals surface area contributed by atoms with Crippen LogP contribution in [0.1, 0.15) is 34.8 Å². The average Bonchev–Trinajstić information content (AvgIpc) is 3.52. The van der Waals surface area contributed by atoms with Crippen LogP contribution in [0.3, 0.4) is 0 Å². The molecule has 0 saturated carbocycles. The van der Waals surface area contributed by atoms with Crippen LogP contribution in [0.2, 0.25) is 10.0 Å². The number of carbonyl (C=O) groups is 1. The molecule has 3 N–H and O–H groups in total. The van der Waals surface area contributed by atoms with Gasteiger partial charge in [0.1, 0.15) is 5.75 Å². The molecule has 1 aliphatic rings. The van der Waals surface area contributed by atoms with Crippen LogP contribution in [-0.2, 0) is 22.5 Å². The maximum atomic E-state index is 14.5. The predicted octanol–water partition coefficient (Wildman–Crippen LogP) is 8.50. The van der Waals surface area contributed by atoms with Gasteiger partial charge in [-0.25, -0.2) is 10.4 Å². The third-order valence-electron chi connectivity index (χ3n) is 8.22. The smallest absolute Gasteiger partial charge is 0.266 e. The molecular formula is C39H34BrCl2N3O4. The Balaban J connectivity index is 1.37. The maximum absolute atomic E-state index is 14.5. The second kappa shape index (κ2) is 16.0. The van der Waals surface area contributed by atoms with Crippen molar-refractivity contribution < 1.29 is 19.4 Å². The molecule has 0 aliphatic carbocycles. The molecule has 10 heteroatoms. The lowest BCUT2D eigenvalue weighted by Gasteiger charge is -2.31. The summed E-state index contributed by atoms with van der Waals surface area (Å²) in [5.74, 6) is 0.650. The number of nitrogens with one attached hydrogen (secondary N) is 2. The molecule has 0 fully saturated rings. The largest absolute Gasteiger partial charge is 0.494 e. The fourth-order valence-corrected chi connectivity index (χ4v) is 6.25. The van der Waals surface area contributed by atoms with Crippen molar-refractivity contribution in [3.63, 3.8) is 0 Å². The molecule has 5 aromatic carbocycles. The van der Waals surface area contributed by atoms with Gasteiger partial charge in [-0.15, -0.1) is 0 Å². The van der Waals surface area contributed by atoms with Crippen molar-refractivity contribution in [2.75, 3.05) is 13.2 Å². The number of benzene rings is 5. The summed E-state index contributed by atoms with van der Waals surface area (Å²) in [6.07, 6.45) is 0.0373. The maximum Gasteiger partial charge on any atom is 0.266 e. The van der Waals surface area contributed by atoms with Gasteiger partial charge in [0.25, 0.3) is 5.91 Å². The molecule has 0 aromatic heterocycles. The van der Waals surface area contributed by atoms with Gasteiger partial charge in [0, 0.05) is 36.0 Å². The third-order valence-corrected chi connectivity index (χ3v) is 9.48. The Kier molecular flexibility index (Phi) is 11.3. The molecule has 0 saturated heterocycles. The first-order valence-electron chi connectivity index (χ1n) is 15.8. The molecule has 2 atom stereocenters. The van der Waals surface area contributed by atoms with E-state index in [1.54, 1.807) is 12.1 Å². The first-order valence-corrected chi connectivity index (χ1v) is 17.4.